The van der Waals surface area contributed by atoms with Crippen LogP contribution in [0.3, 0.4) is 0 Å². The summed E-state index contributed by atoms with van der Waals surface area (Å²) in [5.74, 6) is -1.25. The second kappa shape index (κ2) is 11.4. The molecule has 0 aliphatic carbocycles. The van der Waals surface area contributed by atoms with E-state index in [0.29, 0.717) is 6.07 Å². The van der Waals surface area contributed by atoms with Gasteiger partial charge in [0.15, 0.2) is 0 Å². The van der Waals surface area contributed by atoms with Gasteiger partial charge < -0.3 is 10.2 Å². The number of benzene rings is 3. The van der Waals surface area contributed by atoms with Gasteiger partial charge in [0, 0.05) is 5.39 Å². The fraction of sp³-hybridized carbons (Fsp3) is 0.0556. The van der Waals surface area contributed by atoms with Crippen molar-refractivity contribution in [2.24, 2.45) is 15.2 Å². The number of hydrogen-bond acceptors (Lipinski definition) is 9. The van der Waals surface area contributed by atoms with Gasteiger partial charge in [-0.25, -0.2) is 0 Å². The van der Waals surface area contributed by atoms with Crippen LogP contribution in [0.1, 0.15) is 6.92 Å². The zero-order valence-electron chi connectivity index (χ0n) is 17.6. The largest absolute Gasteiger partial charge is 1.00 e. The van der Waals surface area contributed by atoms with Crippen LogP contribution in [0.25, 0.3) is 10.8 Å². The number of azo groups is 1. The molecule has 0 saturated carbocycles. The molecule has 15 heteroatoms. The average molecular weight is 509 g/mol. The Balaban J connectivity index is 0.00000272. The van der Waals surface area contributed by atoms with Gasteiger partial charge in [-0.05, 0) is 60.7 Å². The molecule has 0 unspecified atom stereocenters. The molecular weight excluding hydrogens is 496 g/mol. The predicted molar refractivity (Wildman–Crippen MR) is 106 cm³/mol. The molecule has 0 amide bonds. The summed E-state index contributed by atoms with van der Waals surface area (Å²) in [5.41, 5.74) is -0.171. The third-order valence-corrected chi connectivity index (χ3v) is 5.72. The van der Waals surface area contributed by atoms with E-state index in [4.69, 9.17) is 4.55 Å². The second-order valence-electron chi connectivity index (χ2n) is 6.23. The molecule has 0 atom stereocenters. The van der Waals surface area contributed by atoms with Gasteiger partial charge in [0.2, 0.25) is 0 Å². The SMILES string of the molecule is CC([O-])=Nc1ccc2c([O-])cc(S(=O)(=O)O)c(N=Nc3ccc(S(=O)(=O)O)cc3)c2c1.[Na+].[Na+]. The molecule has 3 rings (SSSR count). The first-order valence-corrected chi connectivity index (χ1v) is 11.2. The number of rotatable bonds is 5. The van der Waals surface area contributed by atoms with Gasteiger partial charge in [-0.2, -0.15) is 21.9 Å². The number of nitrogens with zero attached hydrogens (tertiary/aromatic N) is 3. The molecule has 0 fully saturated rings. The van der Waals surface area contributed by atoms with Crippen molar-refractivity contribution < 1.29 is 95.3 Å². The zero-order chi connectivity index (χ0) is 23.0. The van der Waals surface area contributed by atoms with Gasteiger partial charge in [-0.15, -0.1) is 5.11 Å². The van der Waals surface area contributed by atoms with E-state index in [1.165, 1.54) is 37.3 Å². The van der Waals surface area contributed by atoms with Gasteiger partial charge in [0.25, 0.3) is 20.2 Å². The third-order valence-electron chi connectivity index (χ3n) is 3.98. The fourth-order valence-electron chi connectivity index (χ4n) is 2.68. The van der Waals surface area contributed by atoms with Crippen LogP contribution in [0.5, 0.6) is 5.75 Å². The molecule has 0 bridgehead atoms. The maximum absolute atomic E-state index is 12.3. The molecule has 0 saturated heterocycles. The first-order chi connectivity index (χ1) is 14.4. The summed E-state index contributed by atoms with van der Waals surface area (Å²) in [4.78, 5) is 2.53. The van der Waals surface area contributed by atoms with Gasteiger partial charge >= 0.3 is 59.1 Å². The monoisotopic (exact) mass is 509 g/mol. The van der Waals surface area contributed by atoms with Crippen molar-refractivity contribution in [1.29, 1.82) is 0 Å². The summed E-state index contributed by atoms with van der Waals surface area (Å²) in [6.45, 7) is 1.20. The van der Waals surface area contributed by atoms with Crippen LogP contribution in [0, 0.1) is 0 Å². The quantitative estimate of drug-likeness (QED) is 0.115. The molecule has 0 aromatic heterocycles. The van der Waals surface area contributed by atoms with Crippen molar-refractivity contribution in [2.45, 2.75) is 16.7 Å². The first kappa shape index (κ1) is 29.6. The van der Waals surface area contributed by atoms with E-state index in [9.17, 15) is 31.6 Å². The normalized spacial score (nSPS) is 12.4. The molecule has 0 heterocycles. The molecule has 0 aliphatic rings. The summed E-state index contributed by atoms with van der Waals surface area (Å²) in [5, 5.41) is 31.3. The minimum Gasteiger partial charge on any atom is -0.872 e. The number of aliphatic imine (C=N–C) groups is 1. The van der Waals surface area contributed by atoms with Crippen LogP contribution in [0.15, 0.2) is 73.5 Å². The number of fused-ring (bicyclic) bond motifs is 1. The molecule has 11 nitrogen and oxygen atoms in total. The topological polar surface area (TPSA) is 192 Å². The fourth-order valence-corrected chi connectivity index (χ4v) is 3.82. The van der Waals surface area contributed by atoms with Crippen molar-refractivity contribution >= 4 is 54.0 Å². The van der Waals surface area contributed by atoms with E-state index in [2.05, 4.69) is 15.2 Å². The van der Waals surface area contributed by atoms with E-state index in [1.807, 2.05) is 0 Å². The standard InChI is InChI=1S/C18H15N3O8S2.2Na/c1-10(22)19-12-4-7-14-15(8-12)18(17(9-16(14)23)31(27,28)29)21-20-11-2-5-13(6-3-11)30(24,25)26;;/h2-9,23H,1H3,(H,19,22)(H,24,25,26)(H,27,28,29);;/q;2*+1/p-2. The van der Waals surface area contributed by atoms with Crippen molar-refractivity contribution in [2.75, 3.05) is 0 Å². The van der Waals surface area contributed by atoms with E-state index in [1.54, 1.807) is 0 Å². The van der Waals surface area contributed by atoms with E-state index >= 15 is 0 Å². The maximum Gasteiger partial charge on any atom is 1.00 e. The Morgan fingerprint density at radius 3 is 1.91 bits per heavy atom. The summed E-state index contributed by atoms with van der Waals surface area (Å²) < 4.78 is 64.4. The summed E-state index contributed by atoms with van der Waals surface area (Å²) in [6.07, 6.45) is 0. The minimum absolute atomic E-state index is 0. The second-order valence-corrected chi connectivity index (χ2v) is 9.04. The molecule has 0 radical (unpaired) electrons. The molecule has 162 valence electrons. The minimum atomic E-state index is -4.88. The Morgan fingerprint density at radius 1 is 0.818 bits per heavy atom. The Labute approximate surface area is 233 Å². The van der Waals surface area contributed by atoms with Crippen molar-refractivity contribution in [3.63, 3.8) is 0 Å². The van der Waals surface area contributed by atoms with Crippen molar-refractivity contribution in [3.8, 4) is 5.75 Å². The third kappa shape index (κ3) is 7.29. The van der Waals surface area contributed by atoms with Gasteiger partial charge in [0.1, 0.15) is 10.6 Å². The van der Waals surface area contributed by atoms with Gasteiger partial charge in [-0.1, -0.05) is 11.8 Å². The smallest absolute Gasteiger partial charge is 0.872 e. The van der Waals surface area contributed by atoms with Crippen LogP contribution in [0.4, 0.5) is 17.1 Å². The van der Waals surface area contributed by atoms with E-state index in [-0.39, 0.29) is 91.8 Å². The van der Waals surface area contributed by atoms with E-state index < -0.39 is 36.8 Å². The van der Waals surface area contributed by atoms with E-state index in [0.717, 1.165) is 12.1 Å². The molecule has 0 spiro atoms. The Kier molecular flexibility index (Phi) is 10.2. The molecular formula is C18H13N3Na2O8S2. The molecule has 3 aromatic carbocycles. The molecule has 0 aliphatic heterocycles. The van der Waals surface area contributed by atoms with Crippen LogP contribution < -0.4 is 69.3 Å². The molecule has 2 N–H and O–H groups in total. The molecule has 3 aromatic rings. The molecule has 33 heavy (non-hydrogen) atoms. The Hall–Kier alpha value is -1.39. The van der Waals surface area contributed by atoms with Gasteiger partial charge in [-0.3, -0.25) is 14.1 Å². The van der Waals surface area contributed by atoms with Crippen molar-refractivity contribution in [1.82, 2.24) is 0 Å². The predicted octanol–water partition coefficient (Wildman–Crippen LogP) is -3.76. The van der Waals surface area contributed by atoms with Gasteiger partial charge in [0.05, 0.1) is 16.3 Å². The average Bonchev–Trinajstić information content (AvgIpc) is 2.65. The Bertz CT molecular complexity index is 1450. The van der Waals surface area contributed by atoms with Crippen molar-refractivity contribution in [3.05, 3.63) is 48.5 Å². The summed E-state index contributed by atoms with van der Waals surface area (Å²) in [7, 11) is -9.30. The zero-order valence-corrected chi connectivity index (χ0v) is 23.3. The van der Waals surface area contributed by atoms with Crippen LogP contribution in [0.2, 0.25) is 0 Å². The number of hydrogen-bond donors (Lipinski definition) is 2. The van der Waals surface area contributed by atoms with Crippen LogP contribution in [-0.2, 0) is 20.2 Å². The summed E-state index contributed by atoms with van der Waals surface area (Å²) >= 11 is 0. The maximum atomic E-state index is 12.3. The van der Waals surface area contributed by atoms with Crippen LogP contribution in [-0.4, -0.2) is 31.8 Å². The first-order valence-electron chi connectivity index (χ1n) is 8.33. The Morgan fingerprint density at radius 2 is 1.39 bits per heavy atom. The summed E-state index contributed by atoms with van der Waals surface area (Å²) in [6, 6.07) is 9.14. The van der Waals surface area contributed by atoms with Crippen LogP contribution >= 0.6 is 0 Å².